The Morgan fingerprint density at radius 3 is 2.39 bits per heavy atom. The van der Waals surface area contributed by atoms with E-state index < -0.39 is 11.9 Å². The maximum atomic E-state index is 11.8. The molecular formula is C14H14O4. The minimum Gasteiger partial charge on any atom is -0.478 e. The van der Waals surface area contributed by atoms with E-state index in [9.17, 15) is 9.59 Å². The first kappa shape index (κ1) is 12.4. The second-order valence-electron chi connectivity index (χ2n) is 4.19. The van der Waals surface area contributed by atoms with Gasteiger partial charge in [0, 0.05) is 0 Å². The third-order valence-electron chi connectivity index (χ3n) is 2.84. The van der Waals surface area contributed by atoms with Gasteiger partial charge in [-0.3, -0.25) is 0 Å². The molecule has 0 aliphatic heterocycles. The average Bonchev–Trinajstić information content (AvgIpc) is 2.40. The van der Waals surface area contributed by atoms with Crippen molar-refractivity contribution in [2.45, 2.75) is 25.4 Å². The summed E-state index contributed by atoms with van der Waals surface area (Å²) in [6, 6.07) is 5.74. The van der Waals surface area contributed by atoms with E-state index in [1.807, 2.05) is 12.2 Å². The molecular weight excluding hydrogens is 232 g/mol. The summed E-state index contributed by atoms with van der Waals surface area (Å²) in [6.45, 7) is 0. The standard InChI is InChI=1S/C14H14O4/c15-13(16)10-6-8-11(9-7-10)14(17)18-12-4-2-1-3-5-12/h2,4,6-9,12H,1,3,5H2,(H,15,16). The van der Waals surface area contributed by atoms with Crippen molar-refractivity contribution in [1.82, 2.24) is 0 Å². The monoisotopic (exact) mass is 246 g/mol. The van der Waals surface area contributed by atoms with Crippen molar-refractivity contribution in [1.29, 1.82) is 0 Å². The van der Waals surface area contributed by atoms with Gasteiger partial charge in [0.15, 0.2) is 0 Å². The highest BCUT2D eigenvalue weighted by Gasteiger charge is 2.15. The van der Waals surface area contributed by atoms with Gasteiger partial charge in [-0.2, -0.15) is 0 Å². The van der Waals surface area contributed by atoms with Gasteiger partial charge in [0.1, 0.15) is 6.10 Å². The first-order chi connectivity index (χ1) is 8.66. The Morgan fingerprint density at radius 2 is 1.83 bits per heavy atom. The van der Waals surface area contributed by atoms with Gasteiger partial charge in [-0.25, -0.2) is 9.59 Å². The number of hydrogen-bond acceptors (Lipinski definition) is 3. The van der Waals surface area contributed by atoms with Crippen molar-refractivity contribution in [3.05, 3.63) is 47.5 Å². The second-order valence-corrected chi connectivity index (χ2v) is 4.19. The number of allylic oxidation sites excluding steroid dienone is 1. The number of benzene rings is 1. The van der Waals surface area contributed by atoms with Gasteiger partial charge < -0.3 is 9.84 Å². The van der Waals surface area contributed by atoms with Crippen molar-refractivity contribution in [3.8, 4) is 0 Å². The van der Waals surface area contributed by atoms with E-state index in [1.54, 1.807) is 0 Å². The zero-order valence-corrected chi connectivity index (χ0v) is 9.83. The summed E-state index contributed by atoms with van der Waals surface area (Å²) in [5, 5.41) is 8.75. The minimum absolute atomic E-state index is 0.157. The number of carboxylic acids is 1. The van der Waals surface area contributed by atoms with Crippen molar-refractivity contribution in [3.63, 3.8) is 0 Å². The first-order valence-corrected chi connectivity index (χ1v) is 5.88. The third-order valence-corrected chi connectivity index (χ3v) is 2.84. The highest BCUT2D eigenvalue weighted by atomic mass is 16.5. The molecule has 0 radical (unpaired) electrons. The molecule has 18 heavy (non-hydrogen) atoms. The molecule has 0 spiro atoms. The Balaban J connectivity index is 2.02. The van der Waals surface area contributed by atoms with Gasteiger partial charge in [0.2, 0.25) is 0 Å². The normalized spacial score (nSPS) is 18.3. The van der Waals surface area contributed by atoms with Crippen LogP contribution < -0.4 is 0 Å². The smallest absolute Gasteiger partial charge is 0.338 e. The molecule has 4 heteroatoms. The molecule has 1 aromatic rings. The molecule has 4 nitrogen and oxygen atoms in total. The minimum atomic E-state index is -1.01. The summed E-state index contributed by atoms with van der Waals surface area (Å²) in [5.74, 6) is -1.42. The van der Waals surface area contributed by atoms with Crippen LogP contribution in [-0.4, -0.2) is 23.1 Å². The maximum absolute atomic E-state index is 11.8. The number of ether oxygens (including phenoxy) is 1. The Labute approximate surface area is 105 Å². The fourth-order valence-electron chi connectivity index (χ4n) is 1.83. The summed E-state index contributed by atoms with van der Waals surface area (Å²) in [4.78, 5) is 22.5. The second kappa shape index (κ2) is 5.49. The van der Waals surface area contributed by atoms with Gasteiger partial charge in [-0.1, -0.05) is 6.08 Å². The number of carbonyl (C=O) groups excluding carboxylic acids is 1. The fraction of sp³-hybridized carbons (Fsp3) is 0.286. The van der Waals surface area contributed by atoms with Crippen LogP contribution in [-0.2, 0) is 4.74 Å². The first-order valence-electron chi connectivity index (χ1n) is 5.88. The van der Waals surface area contributed by atoms with Crippen LogP contribution in [0.1, 0.15) is 40.0 Å². The van der Waals surface area contributed by atoms with Gasteiger partial charge in [0.05, 0.1) is 11.1 Å². The fourth-order valence-corrected chi connectivity index (χ4v) is 1.83. The summed E-state index contributed by atoms with van der Waals surface area (Å²) in [5.41, 5.74) is 0.531. The van der Waals surface area contributed by atoms with Crippen molar-refractivity contribution in [2.24, 2.45) is 0 Å². The maximum Gasteiger partial charge on any atom is 0.338 e. The average molecular weight is 246 g/mol. The van der Waals surface area contributed by atoms with Crippen molar-refractivity contribution >= 4 is 11.9 Å². The number of carboxylic acid groups (broad SMARTS) is 1. The molecule has 0 amide bonds. The van der Waals surface area contributed by atoms with E-state index in [2.05, 4.69) is 0 Å². The van der Waals surface area contributed by atoms with Crippen molar-refractivity contribution < 1.29 is 19.4 Å². The summed E-state index contributed by atoms with van der Waals surface area (Å²) >= 11 is 0. The molecule has 94 valence electrons. The Kier molecular flexibility index (Phi) is 3.77. The lowest BCUT2D eigenvalue weighted by atomic mass is 10.1. The molecule has 1 unspecified atom stereocenters. The van der Waals surface area contributed by atoms with Crippen LogP contribution in [0.4, 0.5) is 0 Å². The molecule has 1 aliphatic carbocycles. The largest absolute Gasteiger partial charge is 0.478 e. The van der Waals surface area contributed by atoms with Crippen molar-refractivity contribution in [2.75, 3.05) is 0 Å². The van der Waals surface area contributed by atoms with Gasteiger partial charge in [0.25, 0.3) is 0 Å². The summed E-state index contributed by atoms with van der Waals surface area (Å²) in [7, 11) is 0. The van der Waals surface area contributed by atoms with Gasteiger partial charge in [-0.05, 0) is 49.6 Å². The Hall–Kier alpha value is -2.10. The summed E-state index contributed by atoms with van der Waals surface area (Å²) in [6.07, 6.45) is 6.64. The highest BCUT2D eigenvalue weighted by molar-refractivity contribution is 5.92. The van der Waals surface area contributed by atoms with Crippen LogP contribution in [0.25, 0.3) is 0 Å². The molecule has 0 heterocycles. The molecule has 0 saturated heterocycles. The van der Waals surface area contributed by atoms with E-state index in [1.165, 1.54) is 24.3 Å². The molecule has 1 aromatic carbocycles. The van der Waals surface area contributed by atoms with E-state index >= 15 is 0 Å². The predicted octanol–water partition coefficient (Wildman–Crippen LogP) is 2.65. The topological polar surface area (TPSA) is 63.6 Å². The lowest BCUT2D eigenvalue weighted by Gasteiger charge is -2.17. The molecule has 2 rings (SSSR count). The molecule has 1 N–H and O–H groups in total. The molecule has 0 bridgehead atoms. The Morgan fingerprint density at radius 1 is 1.17 bits per heavy atom. The van der Waals surface area contributed by atoms with E-state index in [0.29, 0.717) is 5.56 Å². The number of rotatable bonds is 3. The van der Waals surface area contributed by atoms with Crippen LogP contribution in [0.3, 0.4) is 0 Å². The number of hydrogen-bond donors (Lipinski definition) is 1. The summed E-state index contributed by atoms with van der Waals surface area (Å²) < 4.78 is 5.30. The zero-order chi connectivity index (χ0) is 13.0. The molecule has 0 aromatic heterocycles. The van der Waals surface area contributed by atoms with Crippen LogP contribution in [0.2, 0.25) is 0 Å². The molecule has 1 aliphatic rings. The SMILES string of the molecule is O=C(O)c1ccc(C(=O)OC2C=CCCC2)cc1. The number of aromatic carboxylic acids is 1. The lowest BCUT2D eigenvalue weighted by molar-refractivity contribution is 0.0369. The third kappa shape index (κ3) is 2.97. The van der Waals surface area contributed by atoms with E-state index in [-0.39, 0.29) is 11.7 Å². The Bertz CT molecular complexity index is 473. The predicted molar refractivity (Wildman–Crippen MR) is 65.6 cm³/mol. The number of carbonyl (C=O) groups is 2. The van der Waals surface area contributed by atoms with Crippen LogP contribution >= 0.6 is 0 Å². The van der Waals surface area contributed by atoms with Gasteiger partial charge >= 0.3 is 11.9 Å². The lowest BCUT2D eigenvalue weighted by Crippen LogP contribution is -2.17. The molecule has 0 fully saturated rings. The molecule has 0 saturated carbocycles. The number of esters is 1. The van der Waals surface area contributed by atoms with Gasteiger partial charge in [-0.15, -0.1) is 0 Å². The van der Waals surface area contributed by atoms with Crippen LogP contribution in [0.15, 0.2) is 36.4 Å². The highest BCUT2D eigenvalue weighted by Crippen LogP contribution is 2.15. The van der Waals surface area contributed by atoms with Crippen LogP contribution in [0, 0.1) is 0 Å². The quantitative estimate of drug-likeness (QED) is 0.657. The van der Waals surface area contributed by atoms with E-state index in [4.69, 9.17) is 9.84 Å². The zero-order valence-electron chi connectivity index (χ0n) is 9.83. The van der Waals surface area contributed by atoms with Crippen LogP contribution in [0.5, 0.6) is 0 Å². The molecule has 1 atom stereocenters. The van der Waals surface area contributed by atoms with E-state index in [0.717, 1.165) is 19.3 Å².